The number of likely N-dealkylation sites (tertiary alicyclic amines) is 1. The van der Waals surface area contributed by atoms with Gasteiger partial charge in [-0.15, -0.1) is 0 Å². The van der Waals surface area contributed by atoms with Gasteiger partial charge in [-0.05, 0) is 45.6 Å². The Morgan fingerprint density at radius 3 is 2.38 bits per heavy atom. The maximum absolute atomic E-state index is 13.1. The molecule has 0 N–H and O–H groups in total. The van der Waals surface area contributed by atoms with Crippen LogP contribution in [-0.2, 0) is 10.0 Å². The van der Waals surface area contributed by atoms with Crippen molar-refractivity contribution in [2.45, 2.75) is 63.8 Å². The Bertz CT molecular complexity index is 969. The maximum atomic E-state index is 13.1. The van der Waals surface area contributed by atoms with Gasteiger partial charge in [0.05, 0.1) is 6.04 Å². The molecule has 2 aromatic heterocycles. The molecule has 2 saturated heterocycles. The summed E-state index contributed by atoms with van der Waals surface area (Å²) >= 11 is 0. The van der Waals surface area contributed by atoms with Crippen LogP contribution in [0.5, 0.6) is 0 Å². The van der Waals surface area contributed by atoms with E-state index >= 15 is 0 Å². The van der Waals surface area contributed by atoms with Gasteiger partial charge in [0, 0.05) is 25.6 Å². The highest BCUT2D eigenvalue weighted by Crippen LogP contribution is 2.48. The van der Waals surface area contributed by atoms with Crippen molar-refractivity contribution in [1.82, 2.24) is 24.5 Å². The molecule has 4 heterocycles. The predicted molar refractivity (Wildman–Crippen MR) is 105 cm³/mol. The molecule has 1 spiro atoms. The lowest BCUT2D eigenvalue weighted by atomic mass is 9.77. The van der Waals surface area contributed by atoms with Gasteiger partial charge in [0.1, 0.15) is 10.6 Å². The number of aromatic nitrogens is 3. The summed E-state index contributed by atoms with van der Waals surface area (Å²) in [5.74, 6) is 1.95. The topological polar surface area (TPSA) is 106 Å². The van der Waals surface area contributed by atoms with Crippen LogP contribution in [0.1, 0.15) is 68.2 Å². The second-order valence-corrected chi connectivity index (χ2v) is 10.7. The maximum Gasteiger partial charge on any atom is 0.248 e. The van der Waals surface area contributed by atoms with E-state index in [1.807, 2.05) is 13.8 Å². The zero-order chi connectivity index (χ0) is 21.0. The number of hydrogen-bond acceptors (Lipinski definition) is 8. The first-order valence-electron chi connectivity index (χ1n) is 10.1. The number of hydrogen-bond donors (Lipinski definition) is 0. The van der Waals surface area contributed by atoms with Crippen LogP contribution < -0.4 is 0 Å². The molecule has 0 bridgehead atoms. The van der Waals surface area contributed by atoms with Gasteiger partial charge in [-0.2, -0.15) is 9.29 Å². The average molecular weight is 424 g/mol. The van der Waals surface area contributed by atoms with Crippen LogP contribution in [0, 0.1) is 19.3 Å². The molecule has 10 heteroatoms. The van der Waals surface area contributed by atoms with E-state index in [1.165, 1.54) is 0 Å². The van der Waals surface area contributed by atoms with Crippen LogP contribution in [0.2, 0.25) is 0 Å². The Morgan fingerprint density at radius 2 is 1.83 bits per heavy atom. The first-order valence-corrected chi connectivity index (χ1v) is 11.5. The summed E-state index contributed by atoms with van der Waals surface area (Å²) in [5, 5.41) is 8.01. The van der Waals surface area contributed by atoms with E-state index in [2.05, 4.69) is 27.2 Å². The molecule has 1 atom stereocenters. The molecule has 4 rings (SSSR count). The normalized spacial score (nSPS) is 23.4. The molecular weight excluding hydrogens is 394 g/mol. The minimum absolute atomic E-state index is 0.0722. The van der Waals surface area contributed by atoms with Gasteiger partial charge in [-0.25, -0.2) is 8.42 Å². The van der Waals surface area contributed by atoms with Crippen LogP contribution in [0.3, 0.4) is 0 Å². The monoisotopic (exact) mass is 423 g/mol. The highest BCUT2D eigenvalue weighted by Gasteiger charge is 2.48. The second-order valence-electron chi connectivity index (χ2n) is 8.84. The molecule has 0 aromatic carbocycles. The number of sulfonamides is 1. The third-order valence-electron chi connectivity index (χ3n) is 6.34. The highest BCUT2D eigenvalue weighted by atomic mass is 32.2. The fraction of sp³-hybridized carbons (Fsp3) is 0.737. The summed E-state index contributed by atoms with van der Waals surface area (Å²) in [4.78, 5) is 7.07. The van der Waals surface area contributed by atoms with Crippen LogP contribution in [-0.4, -0.2) is 59.6 Å². The van der Waals surface area contributed by atoms with Gasteiger partial charge in [0.15, 0.2) is 11.6 Å². The molecule has 0 aliphatic carbocycles. The first-order chi connectivity index (χ1) is 13.6. The van der Waals surface area contributed by atoms with Crippen molar-refractivity contribution in [3.05, 3.63) is 23.2 Å². The van der Waals surface area contributed by atoms with Crippen molar-refractivity contribution in [2.75, 3.05) is 26.7 Å². The highest BCUT2D eigenvalue weighted by molar-refractivity contribution is 7.89. The van der Waals surface area contributed by atoms with E-state index in [-0.39, 0.29) is 22.3 Å². The molecular formula is C19H29N5O4S. The Kier molecular flexibility index (Phi) is 5.07. The van der Waals surface area contributed by atoms with Crippen molar-refractivity contribution in [3.8, 4) is 0 Å². The summed E-state index contributed by atoms with van der Waals surface area (Å²) < 4.78 is 38.2. The molecule has 0 saturated carbocycles. The second kappa shape index (κ2) is 7.17. The van der Waals surface area contributed by atoms with E-state index in [9.17, 15) is 8.42 Å². The van der Waals surface area contributed by atoms with Gasteiger partial charge in [-0.1, -0.05) is 24.2 Å². The largest absolute Gasteiger partial charge is 0.360 e. The van der Waals surface area contributed by atoms with Crippen molar-refractivity contribution < 1.29 is 17.5 Å². The van der Waals surface area contributed by atoms with Crippen LogP contribution in [0.25, 0.3) is 0 Å². The minimum atomic E-state index is -3.59. The molecule has 2 aromatic rings. The summed E-state index contributed by atoms with van der Waals surface area (Å²) in [5.41, 5.74) is 0.490. The van der Waals surface area contributed by atoms with Crippen molar-refractivity contribution in [3.63, 3.8) is 0 Å². The molecule has 2 aliphatic heterocycles. The van der Waals surface area contributed by atoms with Gasteiger partial charge < -0.3 is 9.05 Å². The number of piperidine rings is 1. The molecule has 160 valence electrons. The van der Waals surface area contributed by atoms with Gasteiger partial charge in [-0.3, -0.25) is 4.90 Å². The van der Waals surface area contributed by atoms with Crippen LogP contribution in [0.4, 0.5) is 0 Å². The Hall–Kier alpha value is -1.78. The lowest BCUT2D eigenvalue weighted by Crippen LogP contribution is -2.44. The smallest absolute Gasteiger partial charge is 0.248 e. The van der Waals surface area contributed by atoms with Crippen molar-refractivity contribution in [1.29, 1.82) is 0 Å². The fourth-order valence-corrected chi connectivity index (χ4v) is 6.44. The van der Waals surface area contributed by atoms with E-state index in [0.717, 1.165) is 31.6 Å². The zero-order valence-electron chi connectivity index (χ0n) is 17.7. The van der Waals surface area contributed by atoms with Crippen LogP contribution >= 0.6 is 0 Å². The molecule has 29 heavy (non-hydrogen) atoms. The molecule has 2 aliphatic rings. The molecule has 0 amide bonds. The van der Waals surface area contributed by atoms with E-state index in [1.54, 1.807) is 18.2 Å². The summed E-state index contributed by atoms with van der Waals surface area (Å²) in [6.07, 6.45) is 2.54. The molecule has 1 unspecified atom stereocenters. The minimum Gasteiger partial charge on any atom is -0.360 e. The van der Waals surface area contributed by atoms with Gasteiger partial charge in [0.25, 0.3) is 0 Å². The number of rotatable bonds is 4. The SMILES string of the molecule is Cc1noc(C)c1S(=O)(=O)N1CCC2(CC1)CC(c1noc(C(C)C)n1)N(C)C2. The molecule has 9 nitrogen and oxygen atoms in total. The van der Waals surface area contributed by atoms with Crippen molar-refractivity contribution in [2.24, 2.45) is 5.41 Å². The Morgan fingerprint density at radius 1 is 1.14 bits per heavy atom. The lowest BCUT2D eigenvalue weighted by molar-refractivity contribution is 0.161. The van der Waals surface area contributed by atoms with Gasteiger partial charge in [0.2, 0.25) is 15.9 Å². The zero-order valence-corrected chi connectivity index (χ0v) is 18.5. The number of nitrogens with zero attached hydrogens (tertiary/aromatic N) is 5. The van der Waals surface area contributed by atoms with E-state index < -0.39 is 10.0 Å². The van der Waals surface area contributed by atoms with Crippen LogP contribution in [0.15, 0.2) is 13.9 Å². The number of aryl methyl sites for hydroxylation is 2. The quantitative estimate of drug-likeness (QED) is 0.739. The lowest BCUT2D eigenvalue weighted by Gasteiger charge is -2.38. The fourth-order valence-electron chi connectivity index (χ4n) is 4.71. The molecule has 0 radical (unpaired) electrons. The summed E-state index contributed by atoms with van der Waals surface area (Å²) in [6.45, 7) is 9.28. The van der Waals surface area contributed by atoms with E-state index in [0.29, 0.717) is 30.4 Å². The molecule has 2 fully saturated rings. The Balaban J connectivity index is 1.48. The Labute approximate surface area is 171 Å². The average Bonchev–Trinajstić information content (AvgIpc) is 3.34. The third kappa shape index (κ3) is 3.51. The predicted octanol–water partition coefficient (Wildman–Crippen LogP) is 2.65. The third-order valence-corrected chi connectivity index (χ3v) is 8.49. The van der Waals surface area contributed by atoms with E-state index in [4.69, 9.17) is 9.05 Å². The van der Waals surface area contributed by atoms with Gasteiger partial charge >= 0.3 is 0 Å². The summed E-state index contributed by atoms with van der Waals surface area (Å²) in [6, 6.07) is 0.108. The first kappa shape index (κ1) is 20.5. The standard InChI is InChI=1S/C19H29N5O4S/c1-12(2)18-20-17(22-28-18)15-10-19(11-23(15)5)6-8-24(9-7-19)29(25,26)16-13(3)21-27-14(16)4/h12,15H,6-11H2,1-5H3. The van der Waals surface area contributed by atoms with Crippen molar-refractivity contribution >= 4 is 10.0 Å². The summed E-state index contributed by atoms with van der Waals surface area (Å²) in [7, 11) is -1.51.